The van der Waals surface area contributed by atoms with Crippen LogP contribution in [0.25, 0.3) is 0 Å². The quantitative estimate of drug-likeness (QED) is 0.0888. The Kier molecular flexibility index (Phi) is 11.9. The van der Waals surface area contributed by atoms with E-state index < -0.39 is 33.5 Å². The van der Waals surface area contributed by atoms with Gasteiger partial charge in [0.25, 0.3) is 5.91 Å². The number of carbonyl (C=O) groups excluding carboxylic acids is 2. The molecular formula is C28H34F3N7O6S. The monoisotopic (exact) mass is 653 g/mol. The van der Waals surface area contributed by atoms with Crippen LogP contribution in [-0.4, -0.2) is 62.4 Å². The maximum atomic E-state index is 13.9. The molecule has 13 nitrogen and oxygen atoms in total. The molecule has 244 valence electrons. The van der Waals surface area contributed by atoms with E-state index in [2.05, 4.69) is 25.9 Å². The van der Waals surface area contributed by atoms with Crippen LogP contribution in [0.5, 0.6) is 5.75 Å². The van der Waals surface area contributed by atoms with Crippen LogP contribution in [0.4, 0.5) is 42.0 Å². The summed E-state index contributed by atoms with van der Waals surface area (Å²) in [6.07, 6.45) is -0.236. The van der Waals surface area contributed by atoms with Gasteiger partial charge >= 0.3 is 6.18 Å². The minimum Gasteiger partial charge on any atom is -0.495 e. The topological polar surface area (TPSA) is 175 Å². The van der Waals surface area contributed by atoms with E-state index >= 15 is 0 Å². The second-order valence-electron chi connectivity index (χ2n) is 9.82. The number of nitrogens with one attached hydrogen (secondary N) is 4. The van der Waals surface area contributed by atoms with Gasteiger partial charge in [-0.05, 0) is 43.2 Å². The minimum atomic E-state index is -4.83. The lowest BCUT2D eigenvalue weighted by Crippen LogP contribution is -2.25. The molecule has 0 radical (unpaired) electrons. The first-order valence-corrected chi connectivity index (χ1v) is 15.5. The summed E-state index contributed by atoms with van der Waals surface area (Å²) in [5.74, 6) is -1.47. The SMILES string of the molecule is COc1cc(C(=O)NCCCCCCC(=O)NO)ccc1Nc1ncc(C(F)(F)F)c(Nc2ccccc2N(C)S(C)(=O)=O)n1. The second kappa shape index (κ2) is 15.4. The summed E-state index contributed by atoms with van der Waals surface area (Å²) < 4.78 is 72.1. The number of halogens is 3. The number of methoxy groups -OCH3 is 1. The Morgan fingerprint density at radius 1 is 1.02 bits per heavy atom. The Hall–Kier alpha value is -4.64. The number of hydrogen-bond donors (Lipinski definition) is 5. The van der Waals surface area contributed by atoms with Crippen LogP contribution in [0.2, 0.25) is 0 Å². The third-order valence-corrected chi connectivity index (χ3v) is 7.73. The number of ether oxygens (including phenoxy) is 1. The number of unbranched alkanes of at least 4 members (excludes halogenated alkanes) is 3. The third-order valence-electron chi connectivity index (χ3n) is 6.54. The van der Waals surface area contributed by atoms with Crippen molar-refractivity contribution in [1.29, 1.82) is 0 Å². The van der Waals surface area contributed by atoms with Gasteiger partial charge in [0.1, 0.15) is 17.1 Å². The number of sulfonamides is 1. The smallest absolute Gasteiger partial charge is 0.421 e. The van der Waals surface area contributed by atoms with Crippen molar-refractivity contribution in [3.63, 3.8) is 0 Å². The van der Waals surface area contributed by atoms with Crippen molar-refractivity contribution in [2.75, 3.05) is 41.9 Å². The van der Waals surface area contributed by atoms with Gasteiger partial charge in [-0.15, -0.1) is 0 Å². The first-order chi connectivity index (χ1) is 21.2. The molecule has 3 rings (SSSR count). The highest BCUT2D eigenvalue weighted by Crippen LogP contribution is 2.38. The van der Waals surface area contributed by atoms with Gasteiger partial charge in [0.2, 0.25) is 21.9 Å². The summed E-state index contributed by atoms with van der Waals surface area (Å²) in [5, 5.41) is 16.7. The lowest BCUT2D eigenvalue weighted by Gasteiger charge is -2.22. The Balaban J connectivity index is 1.76. The van der Waals surface area contributed by atoms with Gasteiger partial charge < -0.3 is 20.7 Å². The van der Waals surface area contributed by atoms with Crippen LogP contribution in [0.15, 0.2) is 48.7 Å². The molecule has 0 fully saturated rings. The maximum absolute atomic E-state index is 13.9. The van der Waals surface area contributed by atoms with Crippen molar-refractivity contribution in [1.82, 2.24) is 20.8 Å². The van der Waals surface area contributed by atoms with E-state index in [0.29, 0.717) is 25.6 Å². The Labute approximate surface area is 258 Å². The lowest BCUT2D eigenvalue weighted by atomic mass is 10.1. The number of hydroxylamine groups is 1. The standard InChI is InChI=1S/C28H34F3N7O6S/c1-38(45(3,42)43)22-11-8-7-10-20(22)34-25-19(28(29,30)31)17-33-27(36-25)35-21-14-13-18(16-23(21)44-2)26(40)32-15-9-5-4-6-12-24(39)37-41/h7-8,10-11,13-14,16-17,41H,4-6,9,12,15H2,1-3H3,(H,32,40)(H,37,39)(H2,33,34,35,36). The van der Waals surface area contributed by atoms with Crippen LogP contribution in [0, 0.1) is 0 Å². The third kappa shape index (κ3) is 9.94. The van der Waals surface area contributed by atoms with Gasteiger partial charge in [-0.3, -0.25) is 19.1 Å². The summed E-state index contributed by atoms with van der Waals surface area (Å²) in [6, 6.07) is 10.4. The van der Waals surface area contributed by atoms with E-state index in [9.17, 15) is 31.2 Å². The van der Waals surface area contributed by atoms with Crippen molar-refractivity contribution in [3.05, 3.63) is 59.8 Å². The average Bonchev–Trinajstić information content (AvgIpc) is 2.99. The number of hydrogen-bond acceptors (Lipinski definition) is 10. The second-order valence-corrected chi connectivity index (χ2v) is 11.8. The predicted molar refractivity (Wildman–Crippen MR) is 162 cm³/mol. The fourth-order valence-corrected chi connectivity index (χ4v) is 4.60. The van der Waals surface area contributed by atoms with E-state index in [0.717, 1.165) is 23.4 Å². The fourth-order valence-electron chi connectivity index (χ4n) is 4.09. The van der Waals surface area contributed by atoms with Crippen LogP contribution in [0.1, 0.15) is 48.0 Å². The number of alkyl halides is 3. The maximum Gasteiger partial charge on any atom is 0.421 e. The molecule has 0 aliphatic rings. The van der Waals surface area contributed by atoms with Crippen molar-refractivity contribution >= 4 is 50.7 Å². The zero-order valence-electron chi connectivity index (χ0n) is 24.7. The van der Waals surface area contributed by atoms with E-state index in [1.807, 2.05) is 0 Å². The molecule has 0 aliphatic carbocycles. The summed E-state index contributed by atoms with van der Waals surface area (Å²) >= 11 is 0. The van der Waals surface area contributed by atoms with Crippen LogP contribution in [-0.2, 0) is 21.0 Å². The number of para-hydroxylation sites is 2. The van der Waals surface area contributed by atoms with Gasteiger partial charge in [-0.25, -0.2) is 18.9 Å². The largest absolute Gasteiger partial charge is 0.495 e. The first-order valence-electron chi connectivity index (χ1n) is 13.6. The Morgan fingerprint density at radius 2 is 1.73 bits per heavy atom. The van der Waals surface area contributed by atoms with Crippen molar-refractivity contribution in [2.45, 2.75) is 38.3 Å². The normalized spacial score (nSPS) is 11.4. The molecule has 5 N–H and O–H groups in total. The number of nitrogens with zero attached hydrogens (tertiary/aromatic N) is 3. The van der Waals surface area contributed by atoms with Gasteiger partial charge in [-0.2, -0.15) is 18.2 Å². The number of anilines is 5. The van der Waals surface area contributed by atoms with Crippen molar-refractivity contribution < 1.29 is 41.1 Å². The highest BCUT2D eigenvalue weighted by Gasteiger charge is 2.36. The van der Waals surface area contributed by atoms with Gasteiger partial charge in [-0.1, -0.05) is 25.0 Å². The Bertz CT molecular complexity index is 1610. The van der Waals surface area contributed by atoms with E-state index in [4.69, 9.17) is 9.94 Å². The lowest BCUT2D eigenvalue weighted by molar-refractivity contribution is -0.137. The highest BCUT2D eigenvalue weighted by atomic mass is 32.2. The number of benzene rings is 2. The molecule has 17 heteroatoms. The van der Waals surface area contributed by atoms with E-state index in [1.165, 1.54) is 50.6 Å². The van der Waals surface area contributed by atoms with Gasteiger partial charge in [0.15, 0.2) is 0 Å². The summed E-state index contributed by atoms with van der Waals surface area (Å²) in [5.41, 5.74) is 1.10. The number of rotatable bonds is 15. The molecule has 0 saturated carbocycles. The van der Waals surface area contributed by atoms with Crippen LogP contribution >= 0.6 is 0 Å². The molecule has 0 aliphatic heterocycles. The molecular weight excluding hydrogens is 619 g/mol. The molecule has 0 unspecified atom stereocenters. The zero-order chi connectivity index (χ0) is 33.2. The van der Waals surface area contributed by atoms with E-state index in [-0.39, 0.29) is 46.7 Å². The Morgan fingerprint density at radius 3 is 2.40 bits per heavy atom. The van der Waals surface area contributed by atoms with E-state index in [1.54, 1.807) is 11.5 Å². The average molecular weight is 654 g/mol. The molecule has 1 aromatic heterocycles. The molecule has 45 heavy (non-hydrogen) atoms. The molecule has 0 spiro atoms. The first kappa shape index (κ1) is 34.8. The molecule has 2 aromatic carbocycles. The molecule has 3 aromatic rings. The predicted octanol–water partition coefficient (Wildman–Crippen LogP) is 4.57. The molecule has 2 amide bonds. The molecule has 1 heterocycles. The zero-order valence-corrected chi connectivity index (χ0v) is 25.6. The number of aromatic nitrogens is 2. The molecule has 0 bridgehead atoms. The molecule has 0 atom stereocenters. The summed E-state index contributed by atoms with van der Waals surface area (Å²) in [6.45, 7) is 0.394. The van der Waals surface area contributed by atoms with Crippen molar-refractivity contribution in [3.8, 4) is 5.75 Å². The number of amides is 2. The van der Waals surface area contributed by atoms with Gasteiger partial charge in [0.05, 0.1) is 30.4 Å². The van der Waals surface area contributed by atoms with Gasteiger partial charge in [0, 0.05) is 31.8 Å². The van der Waals surface area contributed by atoms with Crippen LogP contribution < -0.4 is 30.5 Å². The minimum absolute atomic E-state index is 0.0580. The fraction of sp³-hybridized carbons (Fsp3) is 0.357. The van der Waals surface area contributed by atoms with Crippen LogP contribution in [0.3, 0.4) is 0 Å². The molecule has 0 saturated heterocycles. The highest BCUT2D eigenvalue weighted by molar-refractivity contribution is 7.92. The van der Waals surface area contributed by atoms with Crippen molar-refractivity contribution in [2.24, 2.45) is 0 Å². The number of carbonyl (C=O) groups is 2. The summed E-state index contributed by atoms with van der Waals surface area (Å²) in [7, 11) is -1.10. The summed E-state index contributed by atoms with van der Waals surface area (Å²) in [4.78, 5) is 31.5.